The number of carbonyl (C=O) groups excluding carboxylic acids is 4. The summed E-state index contributed by atoms with van der Waals surface area (Å²) in [4.78, 5) is 54.2. The van der Waals surface area contributed by atoms with Crippen LogP contribution in [0.1, 0.15) is 152 Å². The molecule has 11 nitrogen and oxygen atoms in total. The molecule has 0 spiro atoms. The van der Waals surface area contributed by atoms with Crippen LogP contribution in [-0.4, -0.2) is 72.7 Å². The number of para-hydroxylation sites is 1. The molecule has 3 saturated carbocycles. The predicted molar refractivity (Wildman–Crippen MR) is 281 cm³/mol. The van der Waals surface area contributed by atoms with Crippen molar-refractivity contribution in [2.45, 2.75) is 137 Å². The molecule has 4 amide bonds. The fourth-order valence-electron chi connectivity index (χ4n) is 13.7. The summed E-state index contributed by atoms with van der Waals surface area (Å²) < 4.78 is 5.97. The zero-order valence-corrected chi connectivity index (χ0v) is 42.7. The number of hydrogen-bond donors (Lipinski definition) is 5. The first-order chi connectivity index (χ1) is 33.3. The Labute approximate surface area is 416 Å². The second-order valence-electron chi connectivity index (χ2n) is 22.0. The maximum absolute atomic E-state index is 13.6. The number of amides is 4. The molecule has 0 radical (unpaired) electrons. The Hall–Kier alpha value is -4.97. The molecule has 3 aromatic rings. The lowest BCUT2D eigenvalue weighted by Crippen LogP contribution is -2.51. The van der Waals surface area contributed by atoms with Crippen LogP contribution in [0.25, 0.3) is 10.8 Å². The normalized spacial score (nSPS) is 26.3. The van der Waals surface area contributed by atoms with E-state index in [0.29, 0.717) is 78.9 Å². The topological polar surface area (TPSA) is 141 Å². The molecule has 0 saturated heterocycles. The van der Waals surface area contributed by atoms with Gasteiger partial charge < -0.3 is 31.3 Å². The number of imide groups is 1. The molecule has 372 valence electrons. The average Bonchev–Trinajstić information content (AvgIpc) is 3.69. The molecule has 3 aromatic carbocycles. The SMILES string of the molecule is CC(C)CCC[C@@H](C)[C@H]1CC[C@H]2[C@@H]3CC=C4CC(OC(=O)NCCNC(=O)CCCCCN5C(=O)c6cccc7c(NCCNC(=S)Nc8ccccc8)ccc(c67)C5=O)CC[C@]4(C)[C@H]3CC[C@]12C. The van der Waals surface area contributed by atoms with Crippen LogP contribution in [0.5, 0.6) is 0 Å². The molecule has 0 aromatic heterocycles. The number of nitrogens with one attached hydrogen (secondary N) is 5. The van der Waals surface area contributed by atoms with Crippen molar-refractivity contribution in [1.82, 2.24) is 20.9 Å². The first-order valence-corrected chi connectivity index (χ1v) is 26.8. The zero-order valence-electron chi connectivity index (χ0n) is 41.9. The number of anilines is 2. The van der Waals surface area contributed by atoms with E-state index in [1.54, 1.807) is 12.1 Å². The summed E-state index contributed by atoms with van der Waals surface area (Å²) in [6.45, 7) is 14.5. The van der Waals surface area contributed by atoms with Gasteiger partial charge in [0.1, 0.15) is 6.10 Å². The molecule has 8 atom stereocenters. The first-order valence-electron chi connectivity index (χ1n) is 26.4. The van der Waals surface area contributed by atoms with E-state index < -0.39 is 6.09 Å². The van der Waals surface area contributed by atoms with E-state index in [4.69, 9.17) is 17.0 Å². The molecule has 1 unspecified atom stereocenters. The van der Waals surface area contributed by atoms with Crippen LogP contribution in [0.3, 0.4) is 0 Å². The summed E-state index contributed by atoms with van der Waals surface area (Å²) in [7, 11) is 0. The third kappa shape index (κ3) is 11.3. The number of ether oxygens (including phenoxy) is 1. The molecular weight excluding hydrogens is 881 g/mol. The molecule has 5 aliphatic rings. The van der Waals surface area contributed by atoms with E-state index in [0.717, 1.165) is 71.5 Å². The summed E-state index contributed by atoms with van der Waals surface area (Å²) in [6, 6.07) is 19.0. The van der Waals surface area contributed by atoms with Crippen LogP contribution >= 0.6 is 12.2 Å². The number of unbranched alkanes of at least 4 members (excludes halogenated alkanes) is 2. The minimum Gasteiger partial charge on any atom is -0.446 e. The van der Waals surface area contributed by atoms with Crippen molar-refractivity contribution < 1.29 is 23.9 Å². The lowest BCUT2D eigenvalue weighted by atomic mass is 9.47. The summed E-state index contributed by atoms with van der Waals surface area (Å²) in [6.07, 6.45) is 17.8. The highest BCUT2D eigenvalue weighted by atomic mass is 32.1. The smallest absolute Gasteiger partial charge is 0.407 e. The number of nitrogens with zero attached hydrogens (tertiary/aromatic N) is 1. The van der Waals surface area contributed by atoms with Crippen LogP contribution in [0.4, 0.5) is 16.2 Å². The third-order valence-electron chi connectivity index (χ3n) is 17.3. The van der Waals surface area contributed by atoms with Crippen molar-refractivity contribution >= 4 is 63.3 Å². The minimum atomic E-state index is -0.417. The number of hydrogen-bond acceptors (Lipinski definition) is 7. The van der Waals surface area contributed by atoms with Gasteiger partial charge in [-0.1, -0.05) is 102 Å². The van der Waals surface area contributed by atoms with Crippen molar-refractivity contribution in [1.29, 1.82) is 0 Å². The van der Waals surface area contributed by atoms with Gasteiger partial charge in [-0.25, -0.2) is 4.79 Å². The molecule has 0 bridgehead atoms. The molecule has 12 heteroatoms. The Kier molecular flexibility index (Phi) is 16.4. The van der Waals surface area contributed by atoms with Gasteiger partial charge in [-0.2, -0.15) is 0 Å². The van der Waals surface area contributed by atoms with E-state index in [2.05, 4.69) is 67.3 Å². The van der Waals surface area contributed by atoms with E-state index in [-0.39, 0.29) is 35.8 Å². The van der Waals surface area contributed by atoms with E-state index in [9.17, 15) is 19.2 Å². The molecule has 1 heterocycles. The highest BCUT2D eigenvalue weighted by molar-refractivity contribution is 7.80. The lowest BCUT2D eigenvalue weighted by Gasteiger charge is -2.58. The maximum atomic E-state index is 13.6. The van der Waals surface area contributed by atoms with Crippen molar-refractivity contribution in [3.63, 3.8) is 0 Å². The number of fused-ring (bicyclic) bond motifs is 5. The number of rotatable bonds is 20. The van der Waals surface area contributed by atoms with Crippen molar-refractivity contribution in [3.05, 3.63) is 83.4 Å². The first kappa shape index (κ1) is 50.4. The molecule has 3 fully saturated rings. The highest BCUT2D eigenvalue weighted by Gasteiger charge is 2.59. The Morgan fingerprint density at radius 2 is 1.55 bits per heavy atom. The highest BCUT2D eigenvalue weighted by Crippen LogP contribution is 2.67. The molecule has 69 heavy (non-hydrogen) atoms. The van der Waals surface area contributed by atoms with Gasteiger partial charge in [-0.05, 0) is 147 Å². The van der Waals surface area contributed by atoms with Crippen molar-refractivity contribution in [2.75, 3.05) is 43.4 Å². The van der Waals surface area contributed by atoms with Crippen LogP contribution < -0.4 is 26.6 Å². The monoisotopic (exact) mass is 959 g/mol. The second kappa shape index (κ2) is 22.4. The van der Waals surface area contributed by atoms with Crippen LogP contribution in [0, 0.1) is 46.3 Å². The summed E-state index contributed by atoms with van der Waals surface area (Å²) in [5.41, 5.74) is 4.96. The number of thiocarbonyl (C=S) groups is 1. The molecule has 8 rings (SSSR count). The van der Waals surface area contributed by atoms with Crippen LogP contribution in [0.2, 0.25) is 0 Å². The van der Waals surface area contributed by atoms with Crippen LogP contribution in [-0.2, 0) is 9.53 Å². The van der Waals surface area contributed by atoms with E-state index >= 15 is 0 Å². The Bertz CT molecular complexity index is 2350. The zero-order chi connectivity index (χ0) is 48.7. The third-order valence-corrected chi connectivity index (χ3v) is 17.5. The molecule has 5 N–H and O–H groups in total. The summed E-state index contributed by atoms with van der Waals surface area (Å²) >= 11 is 5.42. The fourth-order valence-corrected chi connectivity index (χ4v) is 13.9. The van der Waals surface area contributed by atoms with E-state index in [1.165, 1.54) is 61.8 Å². The quantitative estimate of drug-likeness (QED) is 0.0324. The molecular formula is C57H78N6O5S. The Morgan fingerprint density at radius 1 is 0.783 bits per heavy atom. The summed E-state index contributed by atoms with van der Waals surface area (Å²) in [5.74, 6) is 4.12. The van der Waals surface area contributed by atoms with Gasteiger partial charge in [0.2, 0.25) is 5.91 Å². The van der Waals surface area contributed by atoms with Gasteiger partial charge in [0.05, 0.1) is 0 Å². The van der Waals surface area contributed by atoms with Gasteiger partial charge in [0.25, 0.3) is 11.8 Å². The fraction of sp³-hybridized carbons (Fsp3) is 0.596. The number of alkyl carbamates (subject to hydrolysis) is 1. The van der Waals surface area contributed by atoms with Gasteiger partial charge in [-0.3, -0.25) is 19.3 Å². The lowest BCUT2D eigenvalue weighted by molar-refractivity contribution is -0.121. The van der Waals surface area contributed by atoms with Crippen molar-refractivity contribution in [2.24, 2.45) is 46.3 Å². The standard InChI is InChI=1S/C57H78N6O5S/c1-37(2)14-12-15-38(3)46-24-25-47-42-22-21-39-36-41(27-29-56(39,4)48(42)28-30-57(46,47)5)68-55(67)61-34-32-59-50(64)20-10-7-11-35-63-52(65)44-19-13-18-43-49(26-23-45(51(43)44)53(63)66)58-31-33-60-54(69)62-40-16-8-6-9-17-40/h6,8-9,13,16-19,21,23,26,37-38,41-42,46-48,58H,7,10-12,14-15,20,22,24-25,27-36H2,1-5H3,(H,59,64)(H,61,67)(H2,60,62,69)/t38-,41?,42+,46-,47+,48+,56+,57-/m1/s1. The van der Waals surface area contributed by atoms with Crippen molar-refractivity contribution in [3.8, 4) is 0 Å². The second-order valence-corrected chi connectivity index (χ2v) is 22.4. The maximum Gasteiger partial charge on any atom is 0.407 e. The molecule has 1 aliphatic heterocycles. The van der Waals surface area contributed by atoms with Gasteiger partial charge >= 0.3 is 6.09 Å². The Morgan fingerprint density at radius 3 is 2.35 bits per heavy atom. The van der Waals surface area contributed by atoms with E-state index in [1.807, 2.05) is 48.5 Å². The number of carbonyl (C=O) groups is 4. The van der Waals surface area contributed by atoms with Gasteiger partial charge in [-0.15, -0.1) is 0 Å². The molecule has 4 aliphatic carbocycles. The largest absolute Gasteiger partial charge is 0.446 e. The van der Waals surface area contributed by atoms with Gasteiger partial charge in [0.15, 0.2) is 5.11 Å². The summed E-state index contributed by atoms with van der Waals surface area (Å²) in [5, 5.41) is 17.6. The predicted octanol–water partition coefficient (Wildman–Crippen LogP) is 11.6. The number of allylic oxidation sites excluding steroid dienone is 1. The van der Waals surface area contributed by atoms with Gasteiger partial charge in [0, 0.05) is 78.8 Å². The van der Waals surface area contributed by atoms with Crippen LogP contribution in [0.15, 0.2) is 72.3 Å². The Balaban J connectivity index is 0.707. The average molecular weight is 959 g/mol. The minimum absolute atomic E-state index is 0.0935. The number of benzene rings is 3.